The van der Waals surface area contributed by atoms with Crippen LogP contribution in [0.5, 0.6) is 0 Å². The Kier molecular flexibility index (Phi) is 3.91. The summed E-state index contributed by atoms with van der Waals surface area (Å²) in [5.41, 5.74) is 0.300. The Labute approximate surface area is 129 Å². The summed E-state index contributed by atoms with van der Waals surface area (Å²) in [4.78, 5) is 18.4. The standard InChI is InChI=1S/C14H10FN5O3/c15-10-4-1-3-9(7-10)14-18-12(19-23-14)8-17-13-11(20(21)22)5-2-6-16-13/h1-7H,8H2,(H,16,17). The summed E-state index contributed by atoms with van der Waals surface area (Å²) < 4.78 is 18.2. The fourth-order valence-electron chi connectivity index (χ4n) is 1.91. The summed E-state index contributed by atoms with van der Waals surface area (Å²) in [6.45, 7) is 0.0800. The van der Waals surface area contributed by atoms with Gasteiger partial charge < -0.3 is 9.84 Å². The first-order valence-electron chi connectivity index (χ1n) is 6.55. The van der Waals surface area contributed by atoms with E-state index in [1.807, 2.05) is 0 Å². The highest BCUT2D eigenvalue weighted by molar-refractivity contribution is 5.55. The maximum absolute atomic E-state index is 13.2. The third-order valence-electron chi connectivity index (χ3n) is 2.94. The van der Waals surface area contributed by atoms with Crippen molar-refractivity contribution in [3.05, 3.63) is 64.4 Å². The second-order valence-corrected chi connectivity index (χ2v) is 4.51. The maximum atomic E-state index is 13.2. The molecule has 0 aliphatic heterocycles. The minimum atomic E-state index is -0.538. The number of benzene rings is 1. The van der Waals surface area contributed by atoms with E-state index in [1.54, 1.807) is 6.07 Å². The Morgan fingerprint density at radius 1 is 1.30 bits per heavy atom. The summed E-state index contributed by atoms with van der Waals surface area (Å²) >= 11 is 0. The minimum absolute atomic E-state index is 0.0800. The Morgan fingerprint density at radius 3 is 2.96 bits per heavy atom. The monoisotopic (exact) mass is 315 g/mol. The molecule has 8 nitrogen and oxygen atoms in total. The molecule has 0 radical (unpaired) electrons. The lowest BCUT2D eigenvalue weighted by Gasteiger charge is -2.02. The molecule has 0 saturated heterocycles. The molecule has 0 saturated carbocycles. The van der Waals surface area contributed by atoms with Gasteiger partial charge >= 0.3 is 5.69 Å². The largest absolute Gasteiger partial charge is 0.357 e. The number of aromatic nitrogens is 3. The van der Waals surface area contributed by atoms with Gasteiger partial charge in [-0.1, -0.05) is 11.2 Å². The molecule has 2 heterocycles. The van der Waals surface area contributed by atoms with Crippen molar-refractivity contribution in [1.82, 2.24) is 15.1 Å². The van der Waals surface area contributed by atoms with Crippen molar-refractivity contribution in [2.24, 2.45) is 0 Å². The van der Waals surface area contributed by atoms with Crippen molar-refractivity contribution < 1.29 is 13.8 Å². The first-order chi connectivity index (χ1) is 11.1. The highest BCUT2D eigenvalue weighted by Crippen LogP contribution is 2.21. The summed E-state index contributed by atoms with van der Waals surface area (Å²) in [6, 6.07) is 8.56. The predicted molar refractivity (Wildman–Crippen MR) is 77.9 cm³/mol. The van der Waals surface area contributed by atoms with Crippen LogP contribution in [0.2, 0.25) is 0 Å². The van der Waals surface area contributed by atoms with Crippen molar-refractivity contribution in [1.29, 1.82) is 0 Å². The fourth-order valence-corrected chi connectivity index (χ4v) is 1.91. The quantitative estimate of drug-likeness (QED) is 0.569. The van der Waals surface area contributed by atoms with Crippen LogP contribution in [0, 0.1) is 15.9 Å². The average Bonchev–Trinajstić information content (AvgIpc) is 3.02. The molecular formula is C14H10FN5O3. The molecule has 0 unspecified atom stereocenters. The van der Waals surface area contributed by atoms with Gasteiger partial charge in [0.1, 0.15) is 5.82 Å². The van der Waals surface area contributed by atoms with Crippen molar-refractivity contribution >= 4 is 11.5 Å². The van der Waals surface area contributed by atoms with Gasteiger partial charge in [0.25, 0.3) is 5.89 Å². The number of nitro groups is 1. The molecule has 23 heavy (non-hydrogen) atoms. The lowest BCUT2D eigenvalue weighted by Crippen LogP contribution is -2.05. The van der Waals surface area contributed by atoms with E-state index in [1.165, 1.54) is 36.5 Å². The Hall–Kier alpha value is -3.36. The molecule has 0 amide bonds. The van der Waals surface area contributed by atoms with Crippen LogP contribution >= 0.6 is 0 Å². The third kappa shape index (κ3) is 3.28. The zero-order valence-corrected chi connectivity index (χ0v) is 11.6. The summed E-state index contributed by atoms with van der Waals surface area (Å²) in [5.74, 6) is 0.125. The van der Waals surface area contributed by atoms with Crippen LogP contribution in [0.25, 0.3) is 11.5 Å². The number of nitrogens with zero attached hydrogens (tertiary/aromatic N) is 4. The SMILES string of the molecule is O=[N+]([O-])c1cccnc1NCc1noc(-c2cccc(F)c2)n1. The Morgan fingerprint density at radius 2 is 2.17 bits per heavy atom. The molecule has 1 aromatic carbocycles. The van der Waals surface area contributed by atoms with Crippen LogP contribution in [-0.4, -0.2) is 20.0 Å². The Bertz CT molecular complexity index is 852. The van der Waals surface area contributed by atoms with Crippen molar-refractivity contribution in [3.8, 4) is 11.5 Å². The molecule has 1 N–H and O–H groups in total. The number of anilines is 1. The third-order valence-corrected chi connectivity index (χ3v) is 2.94. The van der Waals surface area contributed by atoms with E-state index in [0.717, 1.165) is 0 Å². The van der Waals surface area contributed by atoms with Crippen molar-refractivity contribution in [2.45, 2.75) is 6.54 Å². The van der Waals surface area contributed by atoms with E-state index in [9.17, 15) is 14.5 Å². The van der Waals surface area contributed by atoms with Crippen molar-refractivity contribution in [2.75, 3.05) is 5.32 Å². The normalized spacial score (nSPS) is 10.5. The second-order valence-electron chi connectivity index (χ2n) is 4.51. The minimum Gasteiger partial charge on any atom is -0.357 e. The zero-order valence-electron chi connectivity index (χ0n) is 11.6. The van der Waals surface area contributed by atoms with E-state index in [2.05, 4.69) is 20.4 Å². The number of hydrogen-bond donors (Lipinski definition) is 1. The highest BCUT2D eigenvalue weighted by Gasteiger charge is 2.15. The maximum Gasteiger partial charge on any atom is 0.311 e. The molecule has 0 spiro atoms. The molecule has 9 heteroatoms. The lowest BCUT2D eigenvalue weighted by molar-refractivity contribution is -0.384. The van der Waals surface area contributed by atoms with Gasteiger partial charge in [-0.15, -0.1) is 0 Å². The lowest BCUT2D eigenvalue weighted by atomic mass is 10.2. The van der Waals surface area contributed by atoms with Crippen LogP contribution in [0.15, 0.2) is 47.1 Å². The van der Waals surface area contributed by atoms with Crippen LogP contribution < -0.4 is 5.32 Å². The van der Waals surface area contributed by atoms with Crippen LogP contribution in [0.4, 0.5) is 15.9 Å². The molecular weight excluding hydrogens is 305 g/mol. The molecule has 3 rings (SSSR count). The fraction of sp³-hybridized carbons (Fsp3) is 0.0714. The van der Waals surface area contributed by atoms with E-state index >= 15 is 0 Å². The molecule has 0 aliphatic carbocycles. The number of halogens is 1. The van der Waals surface area contributed by atoms with Gasteiger partial charge in [-0.3, -0.25) is 10.1 Å². The molecule has 2 aromatic heterocycles. The van der Waals surface area contributed by atoms with E-state index in [4.69, 9.17) is 4.52 Å². The summed E-state index contributed by atoms with van der Waals surface area (Å²) in [6.07, 6.45) is 1.43. The molecule has 0 atom stereocenters. The predicted octanol–water partition coefficient (Wildman–Crippen LogP) is 2.79. The van der Waals surface area contributed by atoms with Gasteiger partial charge in [0, 0.05) is 17.8 Å². The van der Waals surface area contributed by atoms with Gasteiger partial charge in [0.2, 0.25) is 5.82 Å². The zero-order chi connectivity index (χ0) is 16.2. The van der Waals surface area contributed by atoms with Crippen LogP contribution in [0.3, 0.4) is 0 Å². The smallest absolute Gasteiger partial charge is 0.311 e. The molecule has 0 bridgehead atoms. The van der Waals surface area contributed by atoms with E-state index in [-0.39, 0.29) is 29.8 Å². The molecule has 0 aliphatic rings. The van der Waals surface area contributed by atoms with Gasteiger partial charge in [-0.25, -0.2) is 9.37 Å². The summed E-state index contributed by atoms with van der Waals surface area (Å²) in [7, 11) is 0. The van der Waals surface area contributed by atoms with E-state index in [0.29, 0.717) is 5.56 Å². The second kappa shape index (κ2) is 6.18. The van der Waals surface area contributed by atoms with Gasteiger partial charge in [0.15, 0.2) is 5.82 Å². The molecule has 116 valence electrons. The first kappa shape index (κ1) is 14.6. The van der Waals surface area contributed by atoms with Gasteiger partial charge in [0.05, 0.1) is 11.5 Å². The highest BCUT2D eigenvalue weighted by atomic mass is 19.1. The average molecular weight is 315 g/mol. The molecule has 0 fully saturated rings. The number of hydrogen-bond acceptors (Lipinski definition) is 7. The van der Waals surface area contributed by atoms with Gasteiger partial charge in [-0.2, -0.15) is 4.98 Å². The topological polar surface area (TPSA) is 107 Å². The van der Waals surface area contributed by atoms with Gasteiger partial charge in [-0.05, 0) is 24.3 Å². The molecule has 3 aromatic rings. The van der Waals surface area contributed by atoms with Crippen LogP contribution in [0.1, 0.15) is 5.82 Å². The summed E-state index contributed by atoms with van der Waals surface area (Å²) in [5, 5.41) is 17.4. The first-order valence-corrected chi connectivity index (χ1v) is 6.55. The Balaban J connectivity index is 1.74. The van der Waals surface area contributed by atoms with Crippen molar-refractivity contribution in [3.63, 3.8) is 0 Å². The number of rotatable bonds is 5. The van der Waals surface area contributed by atoms with E-state index < -0.39 is 10.7 Å². The van der Waals surface area contributed by atoms with Crippen LogP contribution in [-0.2, 0) is 6.54 Å². The number of nitrogens with one attached hydrogen (secondary N) is 1. The number of pyridine rings is 1.